The summed E-state index contributed by atoms with van der Waals surface area (Å²) in [7, 11) is -2.98. The standard InChI is InChI=1S/C27H33N3O3S/c1-20-6-2-3-8-23(20)17-30-25(16-22-7-4-5-9-26(22)30)18-29-13-10-21(11-14-29)27(31)28-24-12-15-34(32,33)19-24/h2-9,16,21,24H,10-15,17-19H2,1H3,(H,28,31)/t24-/m0/s1. The number of fused-ring (bicyclic) bond motifs is 1. The van der Waals surface area contributed by atoms with Gasteiger partial charge < -0.3 is 9.88 Å². The van der Waals surface area contributed by atoms with Crippen LogP contribution in [0.4, 0.5) is 0 Å². The molecule has 0 saturated carbocycles. The number of carbonyl (C=O) groups excluding carboxylic acids is 1. The molecule has 1 N–H and O–H groups in total. The van der Waals surface area contributed by atoms with Crippen LogP contribution in [0.2, 0.25) is 0 Å². The number of nitrogens with zero attached hydrogens (tertiary/aromatic N) is 2. The summed E-state index contributed by atoms with van der Waals surface area (Å²) >= 11 is 0. The summed E-state index contributed by atoms with van der Waals surface area (Å²) in [5.74, 6) is 0.267. The molecule has 180 valence electrons. The van der Waals surface area contributed by atoms with Gasteiger partial charge in [0, 0.05) is 36.3 Å². The lowest BCUT2D eigenvalue weighted by molar-refractivity contribution is -0.127. The zero-order chi connectivity index (χ0) is 23.7. The molecule has 2 aromatic carbocycles. The number of piperidine rings is 1. The molecule has 3 heterocycles. The average molecular weight is 480 g/mol. The normalized spacial score (nSPS) is 21.1. The van der Waals surface area contributed by atoms with E-state index < -0.39 is 9.84 Å². The van der Waals surface area contributed by atoms with E-state index in [1.807, 2.05) is 0 Å². The zero-order valence-electron chi connectivity index (χ0n) is 19.7. The van der Waals surface area contributed by atoms with E-state index in [0.29, 0.717) is 6.42 Å². The van der Waals surface area contributed by atoms with Crippen molar-refractivity contribution in [3.63, 3.8) is 0 Å². The number of aryl methyl sites for hydroxylation is 1. The Kier molecular flexibility index (Phi) is 6.49. The summed E-state index contributed by atoms with van der Waals surface area (Å²) in [5.41, 5.74) is 5.17. The third kappa shape index (κ3) is 5.05. The summed E-state index contributed by atoms with van der Waals surface area (Å²) in [6, 6.07) is 19.2. The van der Waals surface area contributed by atoms with Gasteiger partial charge in [-0.3, -0.25) is 9.69 Å². The van der Waals surface area contributed by atoms with E-state index >= 15 is 0 Å². The van der Waals surface area contributed by atoms with Crippen LogP contribution in [0.25, 0.3) is 10.9 Å². The van der Waals surface area contributed by atoms with Crippen molar-refractivity contribution in [2.75, 3.05) is 24.6 Å². The van der Waals surface area contributed by atoms with Crippen LogP contribution in [-0.2, 0) is 27.7 Å². The fraction of sp³-hybridized carbons (Fsp3) is 0.444. The maximum Gasteiger partial charge on any atom is 0.223 e. The number of hydrogen-bond donors (Lipinski definition) is 1. The Hall–Kier alpha value is -2.64. The van der Waals surface area contributed by atoms with Crippen molar-refractivity contribution in [2.24, 2.45) is 5.92 Å². The van der Waals surface area contributed by atoms with Gasteiger partial charge in [-0.25, -0.2) is 8.42 Å². The van der Waals surface area contributed by atoms with Crippen LogP contribution in [-0.4, -0.2) is 54.4 Å². The fourth-order valence-electron chi connectivity index (χ4n) is 5.35. The van der Waals surface area contributed by atoms with Crippen LogP contribution >= 0.6 is 0 Å². The zero-order valence-corrected chi connectivity index (χ0v) is 20.6. The molecule has 2 saturated heterocycles. The van der Waals surface area contributed by atoms with Gasteiger partial charge in [0.2, 0.25) is 5.91 Å². The predicted octanol–water partition coefficient (Wildman–Crippen LogP) is 3.51. The molecule has 0 aliphatic carbocycles. The van der Waals surface area contributed by atoms with Crippen molar-refractivity contribution < 1.29 is 13.2 Å². The Morgan fingerprint density at radius 2 is 1.74 bits per heavy atom. The molecule has 5 rings (SSSR count). The molecule has 0 radical (unpaired) electrons. The van der Waals surface area contributed by atoms with Crippen molar-refractivity contribution in [1.29, 1.82) is 0 Å². The van der Waals surface area contributed by atoms with Crippen LogP contribution in [0.1, 0.15) is 36.1 Å². The van der Waals surface area contributed by atoms with E-state index in [9.17, 15) is 13.2 Å². The van der Waals surface area contributed by atoms with Crippen molar-refractivity contribution in [3.8, 4) is 0 Å². The van der Waals surface area contributed by atoms with E-state index in [1.54, 1.807) is 0 Å². The predicted molar refractivity (Wildman–Crippen MR) is 135 cm³/mol. The molecule has 1 aromatic heterocycles. The van der Waals surface area contributed by atoms with Crippen molar-refractivity contribution in [2.45, 2.75) is 45.3 Å². The maximum absolute atomic E-state index is 12.7. The van der Waals surface area contributed by atoms with Gasteiger partial charge in [-0.2, -0.15) is 0 Å². The first-order chi connectivity index (χ1) is 16.4. The van der Waals surface area contributed by atoms with Crippen molar-refractivity contribution >= 4 is 26.6 Å². The van der Waals surface area contributed by atoms with Crippen LogP contribution in [0, 0.1) is 12.8 Å². The van der Waals surface area contributed by atoms with Crippen molar-refractivity contribution in [3.05, 3.63) is 71.4 Å². The molecule has 1 amide bonds. The summed E-state index contributed by atoms with van der Waals surface area (Å²) in [6.07, 6.45) is 2.16. The highest BCUT2D eigenvalue weighted by Crippen LogP contribution is 2.26. The fourth-order valence-corrected chi connectivity index (χ4v) is 7.03. The lowest BCUT2D eigenvalue weighted by Gasteiger charge is -2.32. The number of hydrogen-bond acceptors (Lipinski definition) is 4. The first kappa shape index (κ1) is 23.1. The quantitative estimate of drug-likeness (QED) is 0.587. The van der Waals surface area contributed by atoms with Gasteiger partial charge in [-0.15, -0.1) is 0 Å². The smallest absolute Gasteiger partial charge is 0.223 e. The molecular formula is C27H33N3O3S. The number of likely N-dealkylation sites (tertiary alicyclic amines) is 1. The highest BCUT2D eigenvalue weighted by molar-refractivity contribution is 7.91. The van der Waals surface area contributed by atoms with Gasteiger partial charge in [0.05, 0.1) is 11.5 Å². The minimum absolute atomic E-state index is 0.0235. The minimum Gasteiger partial charge on any atom is -0.352 e. The molecule has 1 atom stereocenters. The Balaban J connectivity index is 1.25. The molecule has 0 spiro atoms. The Morgan fingerprint density at radius 1 is 1.00 bits per heavy atom. The monoisotopic (exact) mass is 479 g/mol. The molecule has 2 aliphatic heterocycles. The molecule has 6 nitrogen and oxygen atoms in total. The molecule has 34 heavy (non-hydrogen) atoms. The number of nitrogens with one attached hydrogen (secondary N) is 1. The second kappa shape index (κ2) is 9.55. The number of para-hydroxylation sites is 1. The molecular weight excluding hydrogens is 446 g/mol. The molecule has 0 bridgehead atoms. The summed E-state index contributed by atoms with van der Waals surface area (Å²) in [4.78, 5) is 15.1. The Labute approximate surface area is 201 Å². The number of carbonyl (C=O) groups is 1. The third-order valence-electron chi connectivity index (χ3n) is 7.41. The number of amides is 1. The SMILES string of the molecule is Cc1ccccc1Cn1c(CN2CCC(C(=O)N[C@H]3CCS(=O)(=O)C3)CC2)cc2ccccc21. The molecule has 7 heteroatoms. The Bertz CT molecular complexity index is 1290. The molecule has 2 aliphatic rings. The number of sulfone groups is 1. The maximum atomic E-state index is 12.7. The highest BCUT2D eigenvalue weighted by atomic mass is 32.2. The second-order valence-electron chi connectivity index (χ2n) is 9.87. The highest BCUT2D eigenvalue weighted by Gasteiger charge is 2.32. The Morgan fingerprint density at radius 3 is 2.47 bits per heavy atom. The lowest BCUT2D eigenvalue weighted by Crippen LogP contribution is -2.44. The first-order valence-corrected chi connectivity index (χ1v) is 14.0. The summed E-state index contributed by atoms with van der Waals surface area (Å²) in [6.45, 7) is 5.60. The second-order valence-corrected chi connectivity index (χ2v) is 12.1. The summed E-state index contributed by atoms with van der Waals surface area (Å²) in [5, 5.41) is 4.24. The largest absolute Gasteiger partial charge is 0.352 e. The first-order valence-electron chi connectivity index (χ1n) is 12.2. The van der Waals surface area contributed by atoms with Crippen molar-refractivity contribution in [1.82, 2.24) is 14.8 Å². The van der Waals surface area contributed by atoms with Gasteiger partial charge in [0.25, 0.3) is 0 Å². The number of benzene rings is 2. The van der Waals surface area contributed by atoms with Crippen LogP contribution in [0.15, 0.2) is 54.6 Å². The van der Waals surface area contributed by atoms with Gasteiger partial charge >= 0.3 is 0 Å². The molecule has 2 fully saturated rings. The molecule has 0 unspecified atom stereocenters. The van der Waals surface area contributed by atoms with Crippen LogP contribution < -0.4 is 5.32 Å². The van der Waals surface area contributed by atoms with Gasteiger partial charge in [0.15, 0.2) is 9.84 Å². The summed E-state index contributed by atoms with van der Waals surface area (Å²) < 4.78 is 25.8. The van der Waals surface area contributed by atoms with Crippen LogP contribution in [0.3, 0.4) is 0 Å². The van der Waals surface area contributed by atoms with Gasteiger partial charge in [0.1, 0.15) is 0 Å². The topological polar surface area (TPSA) is 71.4 Å². The minimum atomic E-state index is -2.98. The van der Waals surface area contributed by atoms with E-state index in [1.165, 1.54) is 27.7 Å². The lowest BCUT2D eigenvalue weighted by atomic mass is 9.95. The number of rotatable bonds is 6. The third-order valence-corrected chi connectivity index (χ3v) is 9.18. The van der Waals surface area contributed by atoms with E-state index in [4.69, 9.17) is 0 Å². The number of aromatic nitrogens is 1. The molecule has 3 aromatic rings. The average Bonchev–Trinajstić information content (AvgIpc) is 3.34. The van der Waals surface area contributed by atoms with E-state index in [2.05, 4.69) is 76.3 Å². The van der Waals surface area contributed by atoms with E-state index in [-0.39, 0.29) is 29.4 Å². The van der Waals surface area contributed by atoms with Crippen LogP contribution in [0.5, 0.6) is 0 Å². The van der Waals surface area contributed by atoms with E-state index in [0.717, 1.165) is 39.0 Å². The van der Waals surface area contributed by atoms with Gasteiger partial charge in [-0.1, -0.05) is 42.5 Å². The van der Waals surface area contributed by atoms with Gasteiger partial charge in [-0.05, 0) is 67.9 Å².